The van der Waals surface area contributed by atoms with Gasteiger partial charge in [-0.05, 0) is 67.6 Å². The fourth-order valence-corrected chi connectivity index (χ4v) is 4.81. The molecule has 5 heteroatoms. The summed E-state index contributed by atoms with van der Waals surface area (Å²) >= 11 is 0. The SMILES string of the molecule is C#CC[C@H]1CCN(Cc2c(OC)cc(C)c3[nH]ccc23)C(c2ccc(C(=O)O)cc2)C1. The van der Waals surface area contributed by atoms with E-state index in [4.69, 9.17) is 11.2 Å². The van der Waals surface area contributed by atoms with Crippen LogP contribution in [0.15, 0.2) is 42.6 Å². The highest BCUT2D eigenvalue weighted by Gasteiger charge is 2.30. The van der Waals surface area contributed by atoms with Crippen molar-refractivity contribution in [2.24, 2.45) is 5.92 Å². The number of fused-ring (bicyclic) bond motifs is 1. The predicted molar refractivity (Wildman–Crippen MR) is 122 cm³/mol. The van der Waals surface area contributed by atoms with Crippen LogP contribution in [0.5, 0.6) is 5.75 Å². The zero-order valence-corrected chi connectivity index (χ0v) is 18.0. The number of terminal acetylenes is 1. The van der Waals surface area contributed by atoms with E-state index in [-0.39, 0.29) is 6.04 Å². The molecule has 5 nitrogen and oxygen atoms in total. The van der Waals surface area contributed by atoms with E-state index in [1.54, 1.807) is 19.2 Å². The molecule has 1 aliphatic rings. The summed E-state index contributed by atoms with van der Waals surface area (Å²) in [6, 6.07) is 11.7. The maximum atomic E-state index is 11.3. The molecule has 2 aromatic carbocycles. The first kappa shape index (κ1) is 21.0. The number of piperidine rings is 1. The van der Waals surface area contributed by atoms with Crippen LogP contribution in [0.4, 0.5) is 0 Å². The number of aryl methyl sites for hydroxylation is 1. The van der Waals surface area contributed by atoms with Crippen molar-refractivity contribution in [2.45, 2.75) is 38.8 Å². The molecule has 0 radical (unpaired) electrons. The van der Waals surface area contributed by atoms with E-state index in [2.05, 4.69) is 34.9 Å². The van der Waals surface area contributed by atoms with Gasteiger partial charge in [-0.3, -0.25) is 4.90 Å². The summed E-state index contributed by atoms with van der Waals surface area (Å²) in [7, 11) is 1.72. The number of nitrogens with zero attached hydrogens (tertiary/aromatic N) is 1. The number of benzene rings is 2. The van der Waals surface area contributed by atoms with Gasteiger partial charge < -0.3 is 14.8 Å². The Kier molecular flexibility index (Phi) is 6.01. The van der Waals surface area contributed by atoms with Gasteiger partial charge in [0, 0.05) is 41.7 Å². The number of hydrogen-bond donors (Lipinski definition) is 2. The third-order valence-electron chi connectivity index (χ3n) is 6.46. The second kappa shape index (κ2) is 8.87. The number of carboxylic acid groups (broad SMARTS) is 1. The first-order chi connectivity index (χ1) is 15.0. The standard InChI is InChI=1S/C26H28N2O3/c1-4-5-18-11-13-28(23(15-18)19-6-8-20(9-7-19)26(29)30)16-22-21-10-12-27-25(21)17(2)14-24(22)31-3/h1,6-10,12,14,18,23,27H,5,11,13,15-16H2,2-3H3,(H,29,30)/t18-,23?/m0/s1. The van der Waals surface area contributed by atoms with E-state index in [1.807, 2.05) is 18.3 Å². The lowest BCUT2D eigenvalue weighted by Crippen LogP contribution is -2.36. The average molecular weight is 417 g/mol. The molecule has 1 unspecified atom stereocenters. The van der Waals surface area contributed by atoms with E-state index < -0.39 is 5.97 Å². The molecule has 160 valence electrons. The monoisotopic (exact) mass is 416 g/mol. The van der Waals surface area contributed by atoms with Crippen LogP contribution in [-0.4, -0.2) is 34.6 Å². The Hall–Kier alpha value is -3.23. The molecule has 0 amide bonds. The van der Waals surface area contributed by atoms with Gasteiger partial charge in [-0.15, -0.1) is 12.3 Å². The van der Waals surface area contributed by atoms with Gasteiger partial charge >= 0.3 is 5.97 Å². The molecule has 2 N–H and O–H groups in total. The molecule has 0 aliphatic carbocycles. The van der Waals surface area contributed by atoms with Gasteiger partial charge in [0.2, 0.25) is 0 Å². The van der Waals surface area contributed by atoms with Gasteiger partial charge in [0.1, 0.15) is 5.75 Å². The highest BCUT2D eigenvalue weighted by molar-refractivity contribution is 5.88. The molecule has 2 heterocycles. The Balaban J connectivity index is 1.70. The number of aromatic carboxylic acids is 1. The van der Waals surface area contributed by atoms with Gasteiger partial charge in [0.25, 0.3) is 0 Å². The Morgan fingerprint density at radius 1 is 1.32 bits per heavy atom. The van der Waals surface area contributed by atoms with Gasteiger partial charge in [-0.25, -0.2) is 4.79 Å². The second-order valence-corrected chi connectivity index (χ2v) is 8.35. The molecule has 0 saturated carbocycles. The zero-order valence-electron chi connectivity index (χ0n) is 18.0. The Morgan fingerprint density at radius 3 is 2.77 bits per heavy atom. The second-order valence-electron chi connectivity index (χ2n) is 8.35. The van der Waals surface area contributed by atoms with E-state index in [0.717, 1.165) is 54.7 Å². The Bertz CT molecular complexity index is 1120. The first-order valence-electron chi connectivity index (χ1n) is 10.7. The third kappa shape index (κ3) is 4.17. The molecule has 1 saturated heterocycles. The normalized spacial score (nSPS) is 19.3. The van der Waals surface area contributed by atoms with Crippen molar-refractivity contribution < 1.29 is 14.6 Å². The van der Waals surface area contributed by atoms with Crippen LogP contribution in [0.25, 0.3) is 10.9 Å². The molecule has 1 aliphatic heterocycles. The van der Waals surface area contributed by atoms with Crippen LogP contribution < -0.4 is 4.74 Å². The lowest BCUT2D eigenvalue weighted by molar-refractivity contribution is 0.0696. The van der Waals surface area contributed by atoms with Crippen molar-refractivity contribution in [3.05, 3.63) is 64.8 Å². The number of likely N-dealkylation sites (tertiary alicyclic amines) is 1. The number of hydrogen-bond acceptors (Lipinski definition) is 3. The molecule has 1 aromatic heterocycles. The van der Waals surface area contributed by atoms with E-state index in [0.29, 0.717) is 11.5 Å². The summed E-state index contributed by atoms with van der Waals surface area (Å²) < 4.78 is 5.76. The van der Waals surface area contributed by atoms with Crippen LogP contribution in [0.1, 0.15) is 52.4 Å². The number of carbonyl (C=O) groups is 1. The van der Waals surface area contributed by atoms with E-state index >= 15 is 0 Å². The molecule has 0 bridgehead atoms. The highest BCUT2D eigenvalue weighted by atomic mass is 16.5. The molecule has 4 rings (SSSR count). The minimum absolute atomic E-state index is 0.176. The highest BCUT2D eigenvalue weighted by Crippen LogP contribution is 2.39. The molecule has 31 heavy (non-hydrogen) atoms. The fourth-order valence-electron chi connectivity index (χ4n) is 4.81. The summed E-state index contributed by atoms with van der Waals surface area (Å²) in [6.07, 6.45) is 10.4. The maximum absolute atomic E-state index is 11.3. The summed E-state index contributed by atoms with van der Waals surface area (Å²) in [6.45, 7) is 3.77. The first-order valence-corrected chi connectivity index (χ1v) is 10.7. The smallest absolute Gasteiger partial charge is 0.335 e. The largest absolute Gasteiger partial charge is 0.496 e. The van der Waals surface area contributed by atoms with Gasteiger partial charge in [0.15, 0.2) is 0 Å². The van der Waals surface area contributed by atoms with E-state index in [1.165, 1.54) is 10.9 Å². The Morgan fingerprint density at radius 2 is 2.10 bits per heavy atom. The van der Waals surface area contributed by atoms with E-state index in [9.17, 15) is 9.90 Å². The molecular weight excluding hydrogens is 388 g/mol. The number of aromatic nitrogens is 1. The van der Waals surface area contributed by atoms with Gasteiger partial charge in [0.05, 0.1) is 12.7 Å². The van der Waals surface area contributed by atoms with Crippen LogP contribution in [0.2, 0.25) is 0 Å². The van der Waals surface area contributed by atoms with Gasteiger partial charge in [-0.2, -0.15) is 0 Å². The number of methoxy groups -OCH3 is 1. The van der Waals surface area contributed by atoms with Crippen molar-refractivity contribution >= 4 is 16.9 Å². The number of H-pyrrole nitrogens is 1. The summed E-state index contributed by atoms with van der Waals surface area (Å²) in [5.74, 6) is 3.29. The average Bonchev–Trinajstić information content (AvgIpc) is 3.27. The molecule has 1 fully saturated rings. The zero-order chi connectivity index (χ0) is 22.0. The van der Waals surface area contributed by atoms with Crippen molar-refractivity contribution in [1.29, 1.82) is 0 Å². The van der Waals surface area contributed by atoms with Crippen LogP contribution >= 0.6 is 0 Å². The number of ether oxygens (including phenoxy) is 1. The van der Waals surface area contributed by atoms with Crippen molar-refractivity contribution in [3.8, 4) is 18.1 Å². The Labute approximate surface area is 183 Å². The van der Waals surface area contributed by atoms with Crippen LogP contribution in [0.3, 0.4) is 0 Å². The number of aromatic amines is 1. The van der Waals surface area contributed by atoms with Crippen molar-refractivity contribution in [3.63, 3.8) is 0 Å². The summed E-state index contributed by atoms with van der Waals surface area (Å²) in [5.41, 5.74) is 4.91. The fraction of sp³-hybridized carbons (Fsp3) is 0.346. The summed E-state index contributed by atoms with van der Waals surface area (Å²) in [5, 5.41) is 10.4. The topological polar surface area (TPSA) is 65.6 Å². The molecule has 0 spiro atoms. The summed E-state index contributed by atoms with van der Waals surface area (Å²) in [4.78, 5) is 17.1. The minimum atomic E-state index is -0.906. The molecule has 2 atom stereocenters. The predicted octanol–water partition coefficient (Wildman–Crippen LogP) is 5.16. The lowest BCUT2D eigenvalue weighted by Gasteiger charge is -2.40. The third-order valence-corrected chi connectivity index (χ3v) is 6.46. The molecular formula is C26H28N2O3. The van der Waals surface area contributed by atoms with Gasteiger partial charge in [-0.1, -0.05) is 12.1 Å². The van der Waals surface area contributed by atoms with Crippen molar-refractivity contribution in [2.75, 3.05) is 13.7 Å². The van der Waals surface area contributed by atoms with Crippen LogP contribution in [0, 0.1) is 25.2 Å². The number of carboxylic acids is 1. The quantitative estimate of drug-likeness (QED) is 0.545. The molecule has 3 aromatic rings. The number of nitrogens with one attached hydrogen (secondary N) is 1. The number of rotatable bonds is 6. The lowest BCUT2D eigenvalue weighted by atomic mass is 9.84. The van der Waals surface area contributed by atoms with Crippen LogP contribution in [-0.2, 0) is 6.54 Å². The minimum Gasteiger partial charge on any atom is -0.496 e. The maximum Gasteiger partial charge on any atom is 0.335 e. The van der Waals surface area contributed by atoms with Crippen molar-refractivity contribution in [1.82, 2.24) is 9.88 Å².